The lowest BCUT2D eigenvalue weighted by Crippen LogP contribution is -2.39. The van der Waals surface area contributed by atoms with Crippen molar-refractivity contribution in [2.45, 2.75) is 37.9 Å². The monoisotopic (exact) mass is 461 g/mol. The molecule has 0 saturated carbocycles. The molecule has 4 rings (SSSR count). The number of carboxylic acid groups (broad SMARTS) is 1. The number of rotatable bonds is 11. The lowest BCUT2D eigenvalue weighted by atomic mass is 9.98. The Morgan fingerprint density at radius 2 is 1.88 bits per heavy atom. The van der Waals surface area contributed by atoms with E-state index < -0.39 is 12.1 Å². The molecule has 2 atom stereocenters. The Morgan fingerprint density at radius 3 is 2.71 bits per heavy atom. The number of para-hydroxylation sites is 1. The Hall–Kier alpha value is -3.35. The summed E-state index contributed by atoms with van der Waals surface area (Å²) in [5.74, 6) is 0.828. The molecule has 0 aromatic heterocycles. The van der Waals surface area contributed by atoms with Gasteiger partial charge in [0.15, 0.2) is 0 Å². The second-order valence-electron chi connectivity index (χ2n) is 8.60. The molecule has 0 amide bonds. The van der Waals surface area contributed by atoms with Gasteiger partial charge >= 0.3 is 5.97 Å². The van der Waals surface area contributed by atoms with E-state index in [0.717, 1.165) is 46.6 Å². The lowest BCUT2D eigenvalue weighted by molar-refractivity contribution is -0.136. The first-order chi connectivity index (χ1) is 16.6. The number of carbonyl (C=O) groups is 1. The maximum absolute atomic E-state index is 10.8. The van der Waals surface area contributed by atoms with Crippen LogP contribution >= 0.6 is 0 Å². The maximum atomic E-state index is 10.8. The fourth-order valence-electron chi connectivity index (χ4n) is 4.15. The van der Waals surface area contributed by atoms with E-state index in [4.69, 9.17) is 14.6 Å². The SMILES string of the molecule is O=C(O)CCc1ccc2c(c1)CCC(CNCC(O)COc1ccccc1-c1ccccc1)O2. The van der Waals surface area contributed by atoms with Crippen molar-refractivity contribution in [2.24, 2.45) is 0 Å². The number of hydrogen-bond acceptors (Lipinski definition) is 5. The summed E-state index contributed by atoms with van der Waals surface area (Å²) in [4.78, 5) is 10.8. The van der Waals surface area contributed by atoms with Crippen molar-refractivity contribution in [2.75, 3.05) is 19.7 Å². The first-order valence-electron chi connectivity index (χ1n) is 11.7. The van der Waals surface area contributed by atoms with Gasteiger partial charge in [0, 0.05) is 25.1 Å². The first kappa shape index (κ1) is 23.8. The van der Waals surface area contributed by atoms with Crippen molar-refractivity contribution in [3.8, 4) is 22.6 Å². The molecule has 1 aliphatic heterocycles. The Morgan fingerprint density at radius 1 is 1.09 bits per heavy atom. The highest BCUT2D eigenvalue weighted by atomic mass is 16.5. The van der Waals surface area contributed by atoms with E-state index >= 15 is 0 Å². The van der Waals surface area contributed by atoms with Crippen LogP contribution in [0.15, 0.2) is 72.8 Å². The molecular formula is C28H31NO5. The topological polar surface area (TPSA) is 88.0 Å². The minimum Gasteiger partial charge on any atom is -0.490 e. The third-order valence-electron chi connectivity index (χ3n) is 5.94. The van der Waals surface area contributed by atoms with Gasteiger partial charge in [0.2, 0.25) is 0 Å². The highest BCUT2D eigenvalue weighted by molar-refractivity contribution is 5.70. The second-order valence-corrected chi connectivity index (χ2v) is 8.60. The Labute approximate surface area is 200 Å². The summed E-state index contributed by atoms with van der Waals surface area (Å²) in [7, 11) is 0. The van der Waals surface area contributed by atoms with Crippen LogP contribution in [0.1, 0.15) is 24.0 Å². The number of benzene rings is 3. The van der Waals surface area contributed by atoms with Gasteiger partial charge in [-0.25, -0.2) is 0 Å². The molecule has 1 aliphatic rings. The standard InChI is InChI=1S/C28H31NO5/c30-23(19-33-27-9-5-4-8-25(27)21-6-2-1-3-7-21)17-29-18-24-13-12-22-16-20(11-15-28(31)32)10-14-26(22)34-24/h1-10,14,16,23-24,29-30H,11-13,15,17-19H2,(H,31,32). The van der Waals surface area contributed by atoms with Crippen LogP contribution in [0, 0.1) is 0 Å². The molecule has 0 spiro atoms. The quantitative estimate of drug-likeness (QED) is 0.399. The van der Waals surface area contributed by atoms with E-state index in [1.807, 2.05) is 66.7 Å². The number of aliphatic hydroxyl groups is 1. The summed E-state index contributed by atoms with van der Waals surface area (Å²) in [6.45, 7) is 1.25. The van der Waals surface area contributed by atoms with Crippen LogP contribution in [0.2, 0.25) is 0 Å². The molecule has 3 aromatic carbocycles. The van der Waals surface area contributed by atoms with Crippen LogP contribution in [0.25, 0.3) is 11.1 Å². The largest absolute Gasteiger partial charge is 0.490 e. The predicted octanol–water partition coefficient (Wildman–Crippen LogP) is 4.09. The summed E-state index contributed by atoms with van der Waals surface area (Å²) >= 11 is 0. The zero-order valence-electron chi connectivity index (χ0n) is 19.2. The van der Waals surface area contributed by atoms with Crippen LogP contribution in [0.3, 0.4) is 0 Å². The second kappa shape index (κ2) is 11.7. The van der Waals surface area contributed by atoms with Crippen molar-refractivity contribution < 1.29 is 24.5 Å². The van der Waals surface area contributed by atoms with Gasteiger partial charge in [-0.2, -0.15) is 0 Å². The summed E-state index contributed by atoms with van der Waals surface area (Å²) < 4.78 is 12.0. The first-order valence-corrected chi connectivity index (χ1v) is 11.7. The van der Waals surface area contributed by atoms with Gasteiger partial charge < -0.3 is 25.0 Å². The Balaban J connectivity index is 1.21. The number of carboxylic acids is 1. The molecule has 0 saturated heterocycles. The van der Waals surface area contributed by atoms with Crippen molar-refractivity contribution in [3.05, 3.63) is 83.9 Å². The molecule has 0 radical (unpaired) electrons. The van der Waals surface area contributed by atoms with E-state index in [9.17, 15) is 9.90 Å². The Kier molecular flexibility index (Phi) is 8.17. The summed E-state index contributed by atoms with van der Waals surface area (Å²) in [6.07, 6.45) is 1.82. The fourth-order valence-corrected chi connectivity index (χ4v) is 4.15. The smallest absolute Gasteiger partial charge is 0.303 e. The highest BCUT2D eigenvalue weighted by Crippen LogP contribution is 2.30. The minimum absolute atomic E-state index is 0.0318. The summed E-state index contributed by atoms with van der Waals surface area (Å²) in [5.41, 5.74) is 4.24. The van der Waals surface area contributed by atoms with Crippen LogP contribution in [-0.2, 0) is 17.6 Å². The van der Waals surface area contributed by atoms with E-state index in [1.54, 1.807) is 0 Å². The van der Waals surface area contributed by atoms with Crippen molar-refractivity contribution >= 4 is 5.97 Å². The molecular weight excluding hydrogens is 430 g/mol. The Bertz CT molecular complexity index is 1090. The average Bonchev–Trinajstić information content (AvgIpc) is 2.87. The molecule has 1 heterocycles. The third-order valence-corrected chi connectivity index (χ3v) is 5.94. The number of nitrogens with one attached hydrogen (secondary N) is 1. The van der Waals surface area contributed by atoms with Crippen LogP contribution in [0.5, 0.6) is 11.5 Å². The van der Waals surface area contributed by atoms with Gasteiger partial charge in [0.25, 0.3) is 0 Å². The fraction of sp³-hybridized carbons (Fsp3) is 0.321. The van der Waals surface area contributed by atoms with Gasteiger partial charge in [-0.3, -0.25) is 4.79 Å². The molecule has 6 heteroatoms. The minimum atomic E-state index is -0.784. The van der Waals surface area contributed by atoms with Crippen LogP contribution in [0.4, 0.5) is 0 Å². The summed E-state index contributed by atoms with van der Waals surface area (Å²) in [5, 5.41) is 22.6. The molecule has 0 bridgehead atoms. The van der Waals surface area contributed by atoms with E-state index in [1.165, 1.54) is 0 Å². The van der Waals surface area contributed by atoms with E-state index in [-0.39, 0.29) is 19.1 Å². The van der Waals surface area contributed by atoms with Gasteiger partial charge in [-0.1, -0.05) is 60.7 Å². The maximum Gasteiger partial charge on any atom is 0.303 e. The van der Waals surface area contributed by atoms with Crippen molar-refractivity contribution in [1.82, 2.24) is 5.32 Å². The van der Waals surface area contributed by atoms with Gasteiger partial charge in [0.05, 0.1) is 0 Å². The molecule has 0 fully saturated rings. The molecule has 3 N–H and O–H groups in total. The lowest BCUT2D eigenvalue weighted by Gasteiger charge is -2.27. The van der Waals surface area contributed by atoms with E-state index in [0.29, 0.717) is 19.5 Å². The van der Waals surface area contributed by atoms with Gasteiger partial charge in [0.1, 0.15) is 30.3 Å². The van der Waals surface area contributed by atoms with E-state index in [2.05, 4.69) is 11.4 Å². The number of fused-ring (bicyclic) bond motifs is 1. The molecule has 0 aliphatic carbocycles. The average molecular weight is 462 g/mol. The number of aliphatic hydroxyl groups excluding tert-OH is 1. The van der Waals surface area contributed by atoms with Gasteiger partial charge in [-0.05, 0) is 48.1 Å². The molecule has 6 nitrogen and oxygen atoms in total. The number of ether oxygens (including phenoxy) is 2. The van der Waals surface area contributed by atoms with Crippen molar-refractivity contribution in [1.29, 1.82) is 0 Å². The van der Waals surface area contributed by atoms with Crippen LogP contribution in [-0.4, -0.2) is 48.1 Å². The number of aliphatic carboxylic acids is 1. The predicted molar refractivity (Wildman–Crippen MR) is 131 cm³/mol. The molecule has 3 aromatic rings. The number of aryl methyl sites for hydroxylation is 2. The summed E-state index contributed by atoms with van der Waals surface area (Å²) in [6, 6.07) is 23.8. The molecule has 178 valence electrons. The molecule has 2 unspecified atom stereocenters. The van der Waals surface area contributed by atoms with Crippen LogP contribution < -0.4 is 14.8 Å². The molecule has 34 heavy (non-hydrogen) atoms. The normalized spacial score (nSPS) is 15.7. The zero-order valence-corrected chi connectivity index (χ0v) is 19.2. The third kappa shape index (κ3) is 6.59. The van der Waals surface area contributed by atoms with Gasteiger partial charge in [-0.15, -0.1) is 0 Å². The van der Waals surface area contributed by atoms with Crippen molar-refractivity contribution in [3.63, 3.8) is 0 Å². The zero-order chi connectivity index (χ0) is 23.8. The highest BCUT2D eigenvalue weighted by Gasteiger charge is 2.20. The number of hydrogen-bond donors (Lipinski definition) is 3.